The van der Waals surface area contributed by atoms with Gasteiger partial charge in [-0.3, -0.25) is 9.59 Å². The maximum atomic E-state index is 12.9. The summed E-state index contributed by atoms with van der Waals surface area (Å²) >= 11 is 0. The molecule has 0 aromatic carbocycles. The number of rotatable bonds is 10. The van der Waals surface area contributed by atoms with Crippen molar-refractivity contribution in [3.05, 3.63) is 23.8 Å². The third-order valence-corrected chi connectivity index (χ3v) is 7.09. The average Bonchev–Trinajstić information content (AvgIpc) is 2.65. The molecule has 2 aliphatic rings. The Kier molecular flexibility index (Phi) is 8.70. The molecular formula is C25H40O7. The number of hydrogen-bond acceptors (Lipinski definition) is 6. The fourth-order valence-electron chi connectivity index (χ4n) is 4.78. The first-order valence-electron chi connectivity index (χ1n) is 11.7. The molecule has 2 rings (SSSR count). The van der Waals surface area contributed by atoms with E-state index in [0.29, 0.717) is 25.7 Å². The third kappa shape index (κ3) is 6.90. The minimum absolute atomic E-state index is 0.00835. The molecule has 182 valence electrons. The summed E-state index contributed by atoms with van der Waals surface area (Å²) in [5.74, 6) is -1.21. The van der Waals surface area contributed by atoms with Gasteiger partial charge in [-0.25, -0.2) is 0 Å². The standard InChI is InChI=1S/C25H40O7/c1-6-24(3,4)23(30)32-20-14-25(5,31)13-16-8-7-15(2)19(22(16)20)10-9-17(26)11-18(27)12-21(28)29/h7-8,13,15,17-20,22,26-27,31H,6,9-12,14H2,1-5H3,(H,28,29)/t15-,17+,18+,19-,20-,22-,25?/m1/s1. The van der Waals surface area contributed by atoms with Gasteiger partial charge in [-0.2, -0.15) is 0 Å². The minimum atomic E-state index is -1.10. The summed E-state index contributed by atoms with van der Waals surface area (Å²) in [6.45, 7) is 9.46. The molecule has 0 spiro atoms. The van der Waals surface area contributed by atoms with Gasteiger partial charge in [0.2, 0.25) is 0 Å². The van der Waals surface area contributed by atoms with E-state index in [1.807, 2.05) is 32.9 Å². The van der Waals surface area contributed by atoms with Crippen LogP contribution in [0.25, 0.3) is 0 Å². The number of carbonyl (C=O) groups excluding carboxylic acids is 1. The first-order valence-corrected chi connectivity index (χ1v) is 11.7. The Hall–Kier alpha value is -1.70. The number of fused-ring (bicyclic) bond motifs is 1. The highest BCUT2D eigenvalue weighted by atomic mass is 16.5. The summed E-state index contributed by atoms with van der Waals surface area (Å²) in [6, 6.07) is 0. The number of hydrogen-bond donors (Lipinski definition) is 4. The zero-order valence-electron chi connectivity index (χ0n) is 20.0. The van der Waals surface area contributed by atoms with Crippen LogP contribution in [0.15, 0.2) is 23.8 Å². The summed E-state index contributed by atoms with van der Waals surface area (Å²) in [6.07, 6.45) is 5.14. The van der Waals surface area contributed by atoms with Crippen molar-refractivity contribution < 1.29 is 34.8 Å². The zero-order valence-corrected chi connectivity index (χ0v) is 20.0. The number of carboxylic acid groups (broad SMARTS) is 1. The molecule has 0 heterocycles. The van der Waals surface area contributed by atoms with Crippen molar-refractivity contribution in [2.45, 2.75) is 97.1 Å². The van der Waals surface area contributed by atoms with Crippen LogP contribution >= 0.6 is 0 Å². The van der Waals surface area contributed by atoms with E-state index < -0.39 is 41.7 Å². The molecule has 4 N–H and O–H groups in total. The number of esters is 1. The maximum absolute atomic E-state index is 12.9. The van der Waals surface area contributed by atoms with Crippen molar-refractivity contribution in [2.24, 2.45) is 23.2 Å². The topological polar surface area (TPSA) is 124 Å². The summed E-state index contributed by atoms with van der Waals surface area (Å²) in [5.41, 5.74) is -0.755. The number of ether oxygens (including phenoxy) is 1. The molecule has 0 radical (unpaired) electrons. The molecular weight excluding hydrogens is 412 g/mol. The predicted octanol–water partition coefficient (Wildman–Crippen LogP) is 3.22. The van der Waals surface area contributed by atoms with Crippen molar-refractivity contribution in [2.75, 3.05) is 0 Å². The molecule has 7 nitrogen and oxygen atoms in total. The summed E-state index contributed by atoms with van der Waals surface area (Å²) in [7, 11) is 0. The quantitative estimate of drug-likeness (QED) is 0.375. The van der Waals surface area contributed by atoms with Crippen LogP contribution in [0.5, 0.6) is 0 Å². The van der Waals surface area contributed by atoms with E-state index in [1.54, 1.807) is 6.92 Å². The highest BCUT2D eigenvalue weighted by Crippen LogP contribution is 2.46. The van der Waals surface area contributed by atoms with Crippen molar-refractivity contribution in [1.82, 2.24) is 0 Å². The van der Waals surface area contributed by atoms with E-state index in [0.717, 1.165) is 5.57 Å². The van der Waals surface area contributed by atoms with Crippen LogP contribution in [0.3, 0.4) is 0 Å². The Morgan fingerprint density at radius 2 is 1.94 bits per heavy atom. The molecule has 2 aliphatic carbocycles. The first kappa shape index (κ1) is 26.6. The van der Waals surface area contributed by atoms with Gasteiger partial charge in [0.25, 0.3) is 0 Å². The second kappa shape index (κ2) is 10.5. The van der Waals surface area contributed by atoms with Gasteiger partial charge in [0, 0.05) is 12.3 Å². The molecule has 32 heavy (non-hydrogen) atoms. The molecule has 0 saturated heterocycles. The highest BCUT2D eigenvalue weighted by molar-refractivity contribution is 5.76. The number of aliphatic hydroxyl groups excluding tert-OH is 2. The van der Waals surface area contributed by atoms with E-state index in [9.17, 15) is 24.9 Å². The molecule has 0 amide bonds. The lowest BCUT2D eigenvalue weighted by molar-refractivity contribution is -0.167. The smallest absolute Gasteiger partial charge is 0.311 e. The van der Waals surface area contributed by atoms with Crippen molar-refractivity contribution in [1.29, 1.82) is 0 Å². The predicted molar refractivity (Wildman–Crippen MR) is 121 cm³/mol. The summed E-state index contributed by atoms with van der Waals surface area (Å²) < 4.78 is 6.00. The second-order valence-electron chi connectivity index (χ2n) is 10.5. The van der Waals surface area contributed by atoms with Crippen molar-refractivity contribution in [3.8, 4) is 0 Å². The normalized spacial score (nSPS) is 31.9. The Bertz CT molecular complexity index is 737. The van der Waals surface area contributed by atoms with Crippen molar-refractivity contribution in [3.63, 3.8) is 0 Å². The summed E-state index contributed by atoms with van der Waals surface area (Å²) in [5, 5.41) is 39.8. The number of aliphatic carboxylic acids is 1. The first-order chi connectivity index (χ1) is 14.8. The monoisotopic (exact) mass is 452 g/mol. The van der Waals surface area contributed by atoms with E-state index in [-0.39, 0.29) is 30.1 Å². The van der Waals surface area contributed by atoms with Crippen molar-refractivity contribution >= 4 is 11.9 Å². The van der Waals surface area contributed by atoms with Crippen LogP contribution in [0.1, 0.15) is 73.1 Å². The number of carboxylic acids is 1. The lowest BCUT2D eigenvalue weighted by atomic mass is 9.64. The molecule has 0 fully saturated rings. The lowest BCUT2D eigenvalue weighted by Gasteiger charge is -2.45. The van der Waals surface area contributed by atoms with Gasteiger partial charge in [0.1, 0.15) is 6.10 Å². The molecule has 0 aromatic rings. The van der Waals surface area contributed by atoms with E-state index >= 15 is 0 Å². The lowest BCUT2D eigenvalue weighted by Crippen LogP contribution is -2.47. The van der Waals surface area contributed by atoms with Gasteiger partial charge >= 0.3 is 11.9 Å². The molecule has 7 atom stereocenters. The van der Waals surface area contributed by atoms with Gasteiger partial charge < -0.3 is 25.2 Å². The molecule has 0 aliphatic heterocycles. The Morgan fingerprint density at radius 3 is 2.53 bits per heavy atom. The maximum Gasteiger partial charge on any atom is 0.311 e. The average molecular weight is 453 g/mol. The molecule has 0 bridgehead atoms. The van der Waals surface area contributed by atoms with E-state index in [2.05, 4.69) is 13.0 Å². The van der Waals surface area contributed by atoms with E-state index in [4.69, 9.17) is 9.84 Å². The van der Waals surface area contributed by atoms with Gasteiger partial charge in [-0.05, 0) is 69.9 Å². The highest BCUT2D eigenvalue weighted by Gasteiger charge is 2.46. The van der Waals surface area contributed by atoms with Crippen LogP contribution < -0.4 is 0 Å². The number of aliphatic hydroxyl groups is 3. The number of allylic oxidation sites excluding steroid dienone is 2. The van der Waals surface area contributed by atoms with Crippen LogP contribution in [0.4, 0.5) is 0 Å². The largest absolute Gasteiger partial charge is 0.481 e. The Morgan fingerprint density at radius 1 is 1.28 bits per heavy atom. The zero-order chi connectivity index (χ0) is 24.3. The van der Waals surface area contributed by atoms with Gasteiger partial charge in [-0.15, -0.1) is 0 Å². The fourth-order valence-corrected chi connectivity index (χ4v) is 4.78. The van der Waals surface area contributed by atoms with Crippen LogP contribution in [-0.4, -0.2) is 56.3 Å². The third-order valence-electron chi connectivity index (χ3n) is 7.09. The van der Waals surface area contributed by atoms with Gasteiger partial charge in [-0.1, -0.05) is 26.0 Å². The molecule has 0 aromatic heterocycles. The molecule has 0 saturated carbocycles. The van der Waals surface area contributed by atoms with E-state index in [1.165, 1.54) is 0 Å². The summed E-state index contributed by atoms with van der Waals surface area (Å²) in [4.78, 5) is 23.6. The number of carbonyl (C=O) groups is 2. The Balaban J connectivity index is 2.18. The second-order valence-corrected chi connectivity index (χ2v) is 10.5. The Labute approximate surface area is 191 Å². The van der Waals surface area contributed by atoms with Crippen LogP contribution in [0.2, 0.25) is 0 Å². The van der Waals surface area contributed by atoms with Gasteiger partial charge in [0.05, 0.1) is 29.6 Å². The fraction of sp³-hybridized carbons (Fsp3) is 0.760. The molecule has 1 unspecified atom stereocenters. The van der Waals surface area contributed by atoms with Gasteiger partial charge in [0.15, 0.2) is 0 Å². The van der Waals surface area contributed by atoms with Crippen LogP contribution in [0, 0.1) is 23.2 Å². The SMILES string of the molecule is CCC(C)(C)C(=O)O[C@@H]1CC(C)(O)C=C2C=C[C@@H](C)[C@@H](CC[C@H](O)C[C@H](O)CC(=O)O)[C@@H]21. The van der Waals surface area contributed by atoms with Crippen LogP contribution in [-0.2, 0) is 14.3 Å². The molecule has 7 heteroatoms. The minimum Gasteiger partial charge on any atom is -0.481 e.